The number of benzene rings is 1. The van der Waals surface area contributed by atoms with Crippen LogP contribution in [0.5, 0.6) is 0 Å². The van der Waals surface area contributed by atoms with Crippen LogP contribution in [0.1, 0.15) is 49.8 Å². The Balaban J connectivity index is 0.00000156. The van der Waals surface area contributed by atoms with Gasteiger partial charge in [-0.05, 0) is 63.1 Å². The van der Waals surface area contributed by atoms with Crippen LogP contribution >= 0.6 is 12.4 Å². The van der Waals surface area contributed by atoms with Gasteiger partial charge in [0.25, 0.3) is 0 Å². The fourth-order valence-electron chi connectivity index (χ4n) is 4.92. The number of hydrogen-bond acceptors (Lipinski definition) is 1. The van der Waals surface area contributed by atoms with Crippen molar-refractivity contribution in [2.24, 2.45) is 5.92 Å². The fraction of sp³-hybridized carbons (Fsp3) is 0.600. The van der Waals surface area contributed by atoms with Gasteiger partial charge in [-0.15, -0.1) is 12.4 Å². The lowest BCUT2D eigenvalue weighted by molar-refractivity contribution is 0.0620. The monoisotopic (exact) mass is 332 g/mol. The second-order valence-corrected chi connectivity index (χ2v) is 7.31. The third kappa shape index (κ3) is 3.29. The average Bonchev–Trinajstić information content (AvgIpc) is 2.88. The molecule has 1 aliphatic heterocycles. The second-order valence-electron chi connectivity index (χ2n) is 7.31. The number of nitrogens with zero attached hydrogens (tertiary/aromatic N) is 1. The van der Waals surface area contributed by atoms with Gasteiger partial charge < -0.3 is 4.98 Å². The van der Waals surface area contributed by atoms with Crippen molar-refractivity contribution in [1.29, 1.82) is 0 Å². The molecule has 1 aliphatic carbocycles. The van der Waals surface area contributed by atoms with Crippen LogP contribution in [0.2, 0.25) is 0 Å². The molecule has 1 aromatic carbocycles. The molecular formula is C20H29ClN2. The van der Waals surface area contributed by atoms with E-state index in [0.717, 1.165) is 12.0 Å². The predicted molar refractivity (Wildman–Crippen MR) is 101 cm³/mol. The van der Waals surface area contributed by atoms with E-state index in [1.165, 1.54) is 80.2 Å². The first-order chi connectivity index (χ1) is 10.8. The lowest BCUT2D eigenvalue weighted by Gasteiger charge is -2.44. The van der Waals surface area contributed by atoms with E-state index in [0.29, 0.717) is 0 Å². The molecule has 2 nitrogen and oxygen atoms in total. The molecule has 4 rings (SSSR count). The van der Waals surface area contributed by atoms with Gasteiger partial charge in [-0.3, -0.25) is 4.90 Å². The molecule has 3 heteroatoms. The zero-order valence-electron chi connectivity index (χ0n) is 14.2. The quantitative estimate of drug-likeness (QED) is 0.829. The van der Waals surface area contributed by atoms with Crippen LogP contribution in [0.25, 0.3) is 10.9 Å². The number of aryl methyl sites for hydroxylation is 1. The smallest absolute Gasteiger partial charge is 0.0458 e. The Morgan fingerprint density at radius 2 is 1.87 bits per heavy atom. The van der Waals surface area contributed by atoms with Crippen molar-refractivity contribution in [2.45, 2.75) is 57.9 Å². The predicted octanol–water partition coefficient (Wildman–Crippen LogP) is 5.10. The minimum absolute atomic E-state index is 0. The van der Waals surface area contributed by atoms with E-state index in [-0.39, 0.29) is 12.4 Å². The average molecular weight is 333 g/mol. The summed E-state index contributed by atoms with van der Waals surface area (Å²) in [6, 6.07) is 9.64. The molecule has 2 unspecified atom stereocenters. The van der Waals surface area contributed by atoms with Gasteiger partial charge in [-0.25, -0.2) is 0 Å². The van der Waals surface area contributed by atoms with Crippen LogP contribution < -0.4 is 0 Å². The number of piperidine rings is 1. The minimum Gasteiger partial charge on any atom is -0.358 e. The summed E-state index contributed by atoms with van der Waals surface area (Å²) in [5, 5.41) is 1.43. The van der Waals surface area contributed by atoms with E-state index in [9.17, 15) is 0 Å². The molecule has 0 spiro atoms. The first kappa shape index (κ1) is 16.9. The number of fused-ring (bicyclic) bond motifs is 2. The molecule has 2 aromatic rings. The first-order valence-corrected chi connectivity index (χ1v) is 9.13. The summed E-state index contributed by atoms with van der Waals surface area (Å²) in [4.78, 5) is 6.37. The SMILES string of the molecule is Cc1[nH]c2ccccc2c1CCN1CCCC2CCCCC21.Cl. The highest BCUT2D eigenvalue weighted by Crippen LogP contribution is 2.35. The number of rotatable bonds is 3. The number of H-pyrrole nitrogens is 1. The van der Waals surface area contributed by atoms with Crippen LogP contribution in [0.4, 0.5) is 0 Å². The normalized spacial score (nSPS) is 25.1. The molecule has 0 radical (unpaired) electrons. The number of para-hydroxylation sites is 1. The highest BCUT2D eigenvalue weighted by Gasteiger charge is 2.32. The zero-order valence-corrected chi connectivity index (χ0v) is 15.0. The third-order valence-electron chi connectivity index (χ3n) is 6.03. The Bertz CT molecular complexity index is 646. The second kappa shape index (κ2) is 7.27. The molecule has 0 bridgehead atoms. The summed E-state index contributed by atoms with van der Waals surface area (Å²) in [5.41, 5.74) is 4.19. The van der Waals surface area contributed by atoms with Crippen LogP contribution in [-0.4, -0.2) is 29.0 Å². The number of aromatic nitrogens is 1. The van der Waals surface area contributed by atoms with Gasteiger partial charge in [0.1, 0.15) is 0 Å². The van der Waals surface area contributed by atoms with Gasteiger partial charge in [-0.1, -0.05) is 31.0 Å². The molecule has 23 heavy (non-hydrogen) atoms. The molecule has 2 atom stereocenters. The molecule has 2 aliphatic rings. The van der Waals surface area contributed by atoms with Crippen LogP contribution in [0, 0.1) is 12.8 Å². The Morgan fingerprint density at radius 3 is 2.78 bits per heavy atom. The highest BCUT2D eigenvalue weighted by molar-refractivity contribution is 5.85. The Morgan fingerprint density at radius 1 is 1.09 bits per heavy atom. The van der Waals surface area contributed by atoms with E-state index in [2.05, 4.69) is 41.1 Å². The lowest BCUT2D eigenvalue weighted by Crippen LogP contribution is -2.47. The molecule has 126 valence electrons. The van der Waals surface area contributed by atoms with Crippen molar-refractivity contribution < 1.29 is 0 Å². The van der Waals surface area contributed by atoms with Crippen LogP contribution in [0.3, 0.4) is 0 Å². The van der Waals surface area contributed by atoms with E-state index < -0.39 is 0 Å². The first-order valence-electron chi connectivity index (χ1n) is 9.13. The fourth-order valence-corrected chi connectivity index (χ4v) is 4.92. The largest absolute Gasteiger partial charge is 0.358 e. The van der Waals surface area contributed by atoms with Gasteiger partial charge in [0.15, 0.2) is 0 Å². The molecular weight excluding hydrogens is 304 g/mol. The summed E-state index contributed by atoms with van der Waals surface area (Å²) in [5.74, 6) is 0.992. The Hall–Kier alpha value is -0.990. The molecule has 0 amide bonds. The number of hydrogen-bond donors (Lipinski definition) is 1. The third-order valence-corrected chi connectivity index (χ3v) is 6.03. The molecule has 1 saturated heterocycles. The number of aromatic amines is 1. The van der Waals surface area contributed by atoms with Gasteiger partial charge in [0, 0.05) is 29.2 Å². The minimum atomic E-state index is 0. The maximum atomic E-state index is 3.55. The van der Waals surface area contributed by atoms with Gasteiger partial charge in [-0.2, -0.15) is 0 Å². The Kier molecular flexibility index (Phi) is 5.33. The molecule has 1 N–H and O–H groups in total. The van der Waals surface area contributed by atoms with Crippen molar-refractivity contribution in [3.8, 4) is 0 Å². The van der Waals surface area contributed by atoms with E-state index in [1.807, 2.05) is 0 Å². The summed E-state index contributed by atoms with van der Waals surface area (Å²) < 4.78 is 0. The lowest BCUT2D eigenvalue weighted by atomic mass is 9.78. The summed E-state index contributed by atoms with van der Waals surface area (Å²) in [7, 11) is 0. The number of likely N-dealkylation sites (tertiary alicyclic amines) is 1. The van der Waals surface area contributed by atoms with E-state index in [4.69, 9.17) is 0 Å². The van der Waals surface area contributed by atoms with E-state index >= 15 is 0 Å². The highest BCUT2D eigenvalue weighted by atomic mass is 35.5. The molecule has 1 aromatic heterocycles. The molecule has 2 fully saturated rings. The van der Waals surface area contributed by atoms with Crippen molar-refractivity contribution in [3.63, 3.8) is 0 Å². The maximum absolute atomic E-state index is 3.55. The van der Waals surface area contributed by atoms with E-state index in [1.54, 1.807) is 0 Å². The molecule has 2 heterocycles. The van der Waals surface area contributed by atoms with Gasteiger partial charge in [0.05, 0.1) is 0 Å². The van der Waals surface area contributed by atoms with Crippen molar-refractivity contribution in [3.05, 3.63) is 35.5 Å². The summed E-state index contributed by atoms with van der Waals surface area (Å²) in [6.45, 7) is 4.79. The van der Waals surface area contributed by atoms with Crippen molar-refractivity contribution in [2.75, 3.05) is 13.1 Å². The summed E-state index contributed by atoms with van der Waals surface area (Å²) in [6.07, 6.45) is 9.92. The molecule has 1 saturated carbocycles. The van der Waals surface area contributed by atoms with Crippen molar-refractivity contribution in [1.82, 2.24) is 9.88 Å². The summed E-state index contributed by atoms with van der Waals surface area (Å²) >= 11 is 0. The topological polar surface area (TPSA) is 19.0 Å². The van der Waals surface area contributed by atoms with Crippen LogP contribution in [0.15, 0.2) is 24.3 Å². The van der Waals surface area contributed by atoms with Gasteiger partial charge >= 0.3 is 0 Å². The standard InChI is InChI=1S/C20H28N2.ClH/c1-15-17(18-9-3-4-10-19(18)21-15)12-14-22-13-6-8-16-7-2-5-11-20(16)22;/h3-4,9-10,16,20-21H,2,5-8,11-14H2,1H3;1H. The number of nitrogens with one attached hydrogen (secondary N) is 1. The zero-order chi connectivity index (χ0) is 14.9. The van der Waals surface area contributed by atoms with Gasteiger partial charge in [0.2, 0.25) is 0 Å². The van der Waals surface area contributed by atoms with Crippen LogP contribution in [-0.2, 0) is 6.42 Å². The Labute approximate surface area is 146 Å². The number of halogens is 1. The van der Waals surface area contributed by atoms with Crippen molar-refractivity contribution >= 4 is 23.3 Å². The maximum Gasteiger partial charge on any atom is 0.0458 e.